The summed E-state index contributed by atoms with van der Waals surface area (Å²) in [5.41, 5.74) is 0.687. The number of carbonyl (C=O) groups excluding carboxylic acids is 1. The maximum atomic E-state index is 10.8. The van der Waals surface area contributed by atoms with E-state index in [2.05, 4.69) is 0 Å². The molecule has 0 aromatic carbocycles. The lowest BCUT2D eigenvalue weighted by Crippen LogP contribution is -2.02. The third-order valence-electron chi connectivity index (χ3n) is 1.65. The third kappa shape index (κ3) is 1.22. The molecule has 0 spiro atoms. The maximum absolute atomic E-state index is 10.8. The van der Waals surface area contributed by atoms with Gasteiger partial charge in [-0.1, -0.05) is 11.6 Å². The van der Waals surface area contributed by atoms with E-state index >= 15 is 0 Å². The molecule has 3 heteroatoms. The smallest absolute Gasteiger partial charge is 0.174 e. The van der Waals surface area contributed by atoms with Gasteiger partial charge in [0, 0.05) is 6.42 Å². The van der Waals surface area contributed by atoms with Crippen LogP contribution in [-0.2, 0) is 4.79 Å². The standard InChI is InChI=1S/C7H9ClO2/c1-4(9)5-2-3-6(10)7(5)8/h4,9H,2-3H2,1H3/t4-/m0/s1. The van der Waals surface area contributed by atoms with Crippen molar-refractivity contribution in [3.8, 4) is 0 Å². The van der Waals surface area contributed by atoms with Crippen molar-refractivity contribution in [1.29, 1.82) is 0 Å². The molecular weight excluding hydrogens is 152 g/mol. The quantitative estimate of drug-likeness (QED) is 0.627. The Bertz CT molecular complexity index is 194. The average molecular weight is 161 g/mol. The fraction of sp³-hybridized carbons (Fsp3) is 0.571. The molecule has 0 amide bonds. The number of rotatable bonds is 1. The van der Waals surface area contributed by atoms with Crippen molar-refractivity contribution in [2.75, 3.05) is 0 Å². The lowest BCUT2D eigenvalue weighted by Gasteiger charge is -2.03. The lowest BCUT2D eigenvalue weighted by atomic mass is 10.1. The first kappa shape index (κ1) is 7.76. The van der Waals surface area contributed by atoms with Crippen LogP contribution >= 0.6 is 11.6 Å². The van der Waals surface area contributed by atoms with Crippen molar-refractivity contribution >= 4 is 17.4 Å². The molecule has 0 heterocycles. The highest BCUT2D eigenvalue weighted by Gasteiger charge is 2.23. The van der Waals surface area contributed by atoms with Gasteiger partial charge >= 0.3 is 0 Å². The minimum atomic E-state index is -0.570. The topological polar surface area (TPSA) is 37.3 Å². The number of hydrogen-bond donors (Lipinski definition) is 1. The van der Waals surface area contributed by atoms with Crippen LogP contribution in [0.5, 0.6) is 0 Å². The summed E-state index contributed by atoms with van der Waals surface area (Å²) in [6, 6.07) is 0. The summed E-state index contributed by atoms with van der Waals surface area (Å²) in [6.07, 6.45) is 0.507. The number of aliphatic hydroxyl groups is 1. The summed E-state index contributed by atoms with van der Waals surface area (Å²) in [7, 11) is 0. The first-order valence-electron chi connectivity index (χ1n) is 3.22. The maximum Gasteiger partial charge on any atom is 0.174 e. The van der Waals surface area contributed by atoms with Crippen LogP contribution in [0.3, 0.4) is 0 Å². The molecule has 0 aliphatic heterocycles. The van der Waals surface area contributed by atoms with Gasteiger partial charge in [0.05, 0.1) is 11.1 Å². The van der Waals surface area contributed by atoms with E-state index in [-0.39, 0.29) is 10.8 Å². The van der Waals surface area contributed by atoms with E-state index in [4.69, 9.17) is 16.7 Å². The van der Waals surface area contributed by atoms with Crippen LogP contribution in [0.15, 0.2) is 10.6 Å². The Morgan fingerprint density at radius 2 is 2.20 bits per heavy atom. The van der Waals surface area contributed by atoms with Crippen molar-refractivity contribution in [3.63, 3.8) is 0 Å². The molecule has 0 aromatic rings. The van der Waals surface area contributed by atoms with Gasteiger partial charge in [-0.25, -0.2) is 0 Å². The Balaban J connectivity index is 2.85. The Kier molecular flexibility index (Phi) is 2.11. The molecule has 0 aromatic heterocycles. The highest BCUT2D eigenvalue weighted by molar-refractivity contribution is 6.43. The van der Waals surface area contributed by atoms with Crippen molar-refractivity contribution in [2.24, 2.45) is 0 Å². The second-order valence-electron chi connectivity index (χ2n) is 2.44. The second kappa shape index (κ2) is 2.72. The molecule has 0 unspecified atom stereocenters. The highest BCUT2D eigenvalue weighted by atomic mass is 35.5. The number of aliphatic hydroxyl groups excluding tert-OH is 1. The van der Waals surface area contributed by atoms with E-state index in [1.54, 1.807) is 6.92 Å². The van der Waals surface area contributed by atoms with Gasteiger partial charge in [0.15, 0.2) is 5.78 Å². The molecule has 1 aliphatic rings. The van der Waals surface area contributed by atoms with Gasteiger partial charge in [-0.3, -0.25) is 4.79 Å². The number of Topliss-reactive ketones (excluding diaryl/α,β-unsaturated/α-hetero) is 1. The van der Waals surface area contributed by atoms with Gasteiger partial charge in [-0.2, -0.15) is 0 Å². The summed E-state index contributed by atoms with van der Waals surface area (Å²) < 4.78 is 0. The third-order valence-corrected chi connectivity index (χ3v) is 2.11. The lowest BCUT2D eigenvalue weighted by molar-refractivity contribution is -0.114. The van der Waals surface area contributed by atoms with Crippen LogP contribution in [0.1, 0.15) is 19.8 Å². The van der Waals surface area contributed by atoms with E-state index in [0.29, 0.717) is 18.4 Å². The van der Waals surface area contributed by atoms with Gasteiger partial charge < -0.3 is 5.11 Å². The zero-order chi connectivity index (χ0) is 7.72. The van der Waals surface area contributed by atoms with Crippen molar-refractivity contribution in [3.05, 3.63) is 10.6 Å². The van der Waals surface area contributed by atoms with E-state index in [9.17, 15) is 4.79 Å². The number of halogens is 1. The molecule has 1 atom stereocenters. The zero-order valence-corrected chi connectivity index (χ0v) is 6.48. The van der Waals surface area contributed by atoms with E-state index in [1.165, 1.54) is 0 Å². The van der Waals surface area contributed by atoms with Crippen molar-refractivity contribution < 1.29 is 9.90 Å². The van der Waals surface area contributed by atoms with Gasteiger partial charge in [-0.05, 0) is 18.9 Å². The number of hydrogen-bond acceptors (Lipinski definition) is 2. The largest absolute Gasteiger partial charge is 0.389 e. The minimum absolute atomic E-state index is 0.0439. The van der Waals surface area contributed by atoms with E-state index < -0.39 is 6.10 Å². The molecular formula is C7H9ClO2. The first-order valence-corrected chi connectivity index (χ1v) is 3.60. The van der Waals surface area contributed by atoms with Crippen LogP contribution in [0.2, 0.25) is 0 Å². The molecule has 2 nitrogen and oxygen atoms in total. The van der Waals surface area contributed by atoms with Gasteiger partial charge in [0.2, 0.25) is 0 Å². The molecule has 0 bridgehead atoms. The van der Waals surface area contributed by atoms with E-state index in [0.717, 1.165) is 0 Å². The summed E-state index contributed by atoms with van der Waals surface area (Å²) in [5.74, 6) is -0.0439. The number of ketones is 1. The normalized spacial score (nSPS) is 22.1. The zero-order valence-electron chi connectivity index (χ0n) is 5.72. The summed E-state index contributed by atoms with van der Waals surface area (Å²) in [4.78, 5) is 10.8. The highest BCUT2D eigenvalue weighted by Crippen LogP contribution is 2.27. The average Bonchev–Trinajstić information content (AvgIpc) is 2.14. The molecule has 10 heavy (non-hydrogen) atoms. The molecule has 0 saturated heterocycles. The SMILES string of the molecule is C[C@H](O)C1=C(Cl)C(=O)CC1. The Hall–Kier alpha value is -0.340. The summed E-state index contributed by atoms with van der Waals surface area (Å²) in [5, 5.41) is 9.29. The van der Waals surface area contributed by atoms with Gasteiger partial charge in [-0.15, -0.1) is 0 Å². The Morgan fingerprint density at radius 1 is 1.60 bits per heavy atom. The monoisotopic (exact) mass is 160 g/mol. The molecule has 56 valence electrons. The fourth-order valence-electron chi connectivity index (χ4n) is 1.04. The molecule has 1 N–H and O–H groups in total. The molecule has 0 saturated carbocycles. The van der Waals surface area contributed by atoms with Crippen LogP contribution in [-0.4, -0.2) is 17.0 Å². The molecule has 1 aliphatic carbocycles. The molecule has 1 rings (SSSR count). The number of allylic oxidation sites excluding steroid dienone is 1. The van der Waals surface area contributed by atoms with Gasteiger partial charge in [0.1, 0.15) is 0 Å². The second-order valence-corrected chi connectivity index (χ2v) is 2.82. The molecule has 0 radical (unpaired) electrons. The van der Waals surface area contributed by atoms with Crippen molar-refractivity contribution in [2.45, 2.75) is 25.9 Å². The summed E-state index contributed by atoms with van der Waals surface area (Å²) in [6.45, 7) is 1.62. The predicted molar refractivity (Wildman–Crippen MR) is 38.8 cm³/mol. The Labute approximate surface area is 64.5 Å². The van der Waals surface area contributed by atoms with Crippen LogP contribution in [0.4, 0.5) is 0 Å². The first-order chi connectivity index (χ1) is 4.63. The molecule has 0 fully saturated rings. The summed E-state index contributed by atoms with van der Waals surface area (Å²) >= 11 is 5.59. The van der Waals surface area contributed by atoms with Crippen LogP contribution < -0.4 is 0 Å². The van der Waals surface area contributed by atoms with E-state index in [1.807, 2.05) is 0 Å². The van der Waals surface area contributed by atoms with Crippen LogP contribution in [0.25, 0.3) is 0 Å². The van der Waals surface area contributed by atoms with Crippen LogP contribution in [0, 0.1) is 0 Å². The fourth-order valence-corrected chi connectivity index (χ4v) is 1.39. The van der Waals surface area contributed by atoms with Crippen molar-refractivity contribution in [1.82, 2.24) is 0 Å². The minimum Gasteiger partial charge on any atom is -0.389 e. The Morgan fingerprint density at radius 3 is 2.40 bits per heavy atom. The predicted octanol–water partition coefficient (Wildman–Crippen LogP) is 1.22. The van der Waals surface area contributed by atoms with Gasteiger partial charge in [0.25, 0.3) is 0 Å². The number of carbonyl (C=O) groups is 1.